The van der Waals surface area contributed by atoms with Gasteiger partial charge in [0.15, 0.2) is 0 Å². The molecule has 4 N–H and O–H groups in total. The Kier molecular flexibility index (Phi) is 30.1. The van der Waals surface area contributed by atoms with Crippen molar-refractivity contribution in [3.8, 4) is 0 Å². The standard InChI is InChI=1S/C37H69NO6S/c1-3-5-7-9-11-13-15-17-18-19-20-22-23-25-27-29-31-35(39)34(33-45(42,43)44)38-37(41)36(40)32-30-28-26-24-21-16-14-12-10-8-6-4-2/h21-24,29,31,34-36,39-40H,3-20,25-28,30,32-33H2,1-2H3,(H,38,41)(H,42,43,44)/b23-22+,24-21-,31-29+. The number of carbonyl (C=O) groups excluding carboxylic acids is 1. The quantitative estimate of drug-likeness (QED) is 0.0326. The largest absolute Gasteiger partial charge is 0.387 e. The molecule has 0 radical (unpaired) electrons. The Morgan fingerprint density at radius 2 is 1.00 bits per heavy atom. The van der Waals surface area contributed by atoms with Crippen molar-refractivity contribution in [2.24, 2.45) is 0 Å². The van der Waals surface area contributed by atoms with Crippen LogP contribution in [0.4, 0.5) is 0 Å². The summed E-state index contributed by atoms with van der Waals surface area (Å²) in [5, 5.41) is 23.2. The second-order valence-electron chi connectivity index (χ2n) is 12.6. The number of hydrogen-bond donors (Lipinski definition) is 4. The Hall–Kier alpha value is -1.48. The lowest BCUT2D eigenvalue weighted by molar-refractivity contribution is -0.130. The summed E-state index contributed by atoms with van der Waals surface area (Å²) in [6, 6.07) is -1.25. The van der Waals surface area contributed by atoms with Gasteiger partial charge in [0.05, 0.1) is 17.9 Å². The maximum absolute atomic E-state index is 12.5. The first kappa shape index (κ1) is 43.5. The fourth-order valence-corrected chi connectivity index (χ4v) is 6.02. The van der Waals surface area contributed by atoms with Gasteiger partial charge in [0.1, 0.15) is 6.10 Å². The van der Waals surface area contributed by atoms with Crippen molar-refractivity contribution in [1.29, 1.82) is 0 Å². The lowest BCUT2D eigenvalue weighted by Crippen LogP contribution is -2.50. The fraction of sp³-hybridized carbons (Fsp3) is 0.811. The third-order valence-corrected chi connectivity index (χ3v) is 8.93. The number of carbonyl (C=O) groups is 1. The molecule has 0 saturated heterocycles. The number of allylic oxidation sites excluding steroid dienone is 5. The van der Waals surface area contributed by atoms with Gasteiger partial charge >= 0.3 is 0 Å². The van der Waals surface area contributed by atoms with Gasteiger partial charge in [-0.2, -0.15) is 8.42 Å². The van der Waals surface area contributed by atoms with Crippen LogP contribution in [0.2, 0.25) is 0 Å². The molecule has 0 spiro atoms. The van der Waals surface area contributed by atoms with E-state index in [0.29, 0.717) is 12.8 Å². The topological polar surface area (TPSA) is 124 Å². The minimum absolute atomic E-state index is 0.243. The molecule has 0 bridgehead atoms. The van der Waals surface area contributed by atoms with Gasteiger partial charge in [-0.1, -0.05) is 147 Å². The molecule has 0 aromatic rings. The molecule has 8 heteroatoms. The maximum atomic E-state index is 12.5. The van der Waals surface area contributed by atoms with E-state index in [0.717, 1.165) is 32.1 Å². The van der Waals surface area contributed by atoms with Crippen molar-refractivity contribution >= 4 is 16.0 Å². The van der Waals surface area contributed by atoms with Crippen LogP contribution in [0.25, 0.3) is 0 Å². The number of nitrogens with one attached hydrogen (secondary N) is 1. The van der Waals surface area contributed by atoms with Crippen molar-refractivity contribution in [2.75, 3.05) is 5.75 Å². The van der Waals surface area contributed by atoms with Gasteiger partial charge in [-0.05, 0) is 57.8 Å². The van der Waals surface area contributed by atoms with E-state index in [1.165, 1.54) is 109 Å². The summed E-state index contributed by atoms with van der Waals surface area (Å²) in [7, 11) is -4.45. The molecule has 0 aromatic carbocycles. The average Bonchev–Trinajstić information content (AvgIpc) is 3.00. The molecule has 0 aliphatic carbocycles. The van der Waals surface area contributed by atoms with E-state index in [1.54, 1.807) is 6.08 Å². The number of aliphatic hydroxyl groups excluding tert-OH is 2. The van der Waals surface area contributed by atoms with Crippen LogP contribution in [0.5, 0.6) is 0 Å². The number of aliphatic hydroxyl groups is 2. The number of unbranched alkanes of at least 4 members (excludes halogenated alkanes) is 19. The van der Waals surface area contributed by atoms with Gasteiger partial charge in [0.2, 0.25) is 5.91 Å². The summed E-state index contributed by atoms with van der Waals surface area (Å²) in [5.41, 5.74) is 0. The van der Waals surface area contributed by atoms with E-state index in [4.69, 9.17) is 0 Å². The van der Waals surface area contributed by atoms with E-state index in [9.17, 15) is 28.0 Å². The third kappa shape index (κ3) is 30.9. The van der Waals surface area contributed by atoms with Gasteiger partial charge < -0.3 is 15.5 Å². The average molecular weight is 656 g/mol. The van der Waals surface area contributed by atoms with Gasteiger partial charge in [0, 0.05) is 0 Å². The number of rotatable bonds is 32. The molecule has 0 aliphatic heterocycles. The van der Waals surface area contributed by atoms with Crippen LogP contribution in [-0.2, 0) is 14.9 Å². The molecule has 0 heterocycles. The SMILES string of the molecule is CCCCCCCC/C=C\CCCCC(O)C(=O)NC(CS(=O)(=O)O)C(O)/C=C/CC/C=C/CCCCCCCCCCCC. The molecule has 45 heavy (non-hydrogen) atoms. The zero-order chi connectivity index (χ0) is 33.4. The minimum Gasteiger partial charge on any atom is -0.387 e. The molecular formula is C37H69NO6S. The van der Waals surface area contributed by atoms with Crippen LogP contribution < -0.4 is 5.32 Å². The van der Waals surface area contributed by atoms with E-state index < -0.39 is 40.0 Å². The molecule has 264 valence electrons. The van der Waals surface area contributed by atoms with Crippen molar-refractivity contribution < 1.29 is 28.0 Å². The van der Waals surface area contributed by atoms with Crippen molar-refractivity contribution in [1.82, 2.24) is 5.32 Å². The predicted octanol–water partition coefficient (Wildman–Crippen LogP) is 9.15. The van der Waals surface area contributed by atoms with Crippen molar-refractivity contribution in [3.63, 3.8) is 0 Å². The van der Waals surface area contributed by atoms with Crippen LogP contribution in [0.3, 0.4) is 0 Å². The second kappa shape index (κ2) is 31.1. The van der Waals surface area contributed by atoms with Gasteiger partial charge in [-0.15, -0.1) is 0 Å². The predicted molar refractivity (Wildman–Crippen MR) is 190 cm³/mol. The van der Waals surface area contributed by atoms with E-state index in [2.05, 4.69) is 43.5 Å². The van der Waals surface area contributed by atoms with Crippen LogP contribution in [-0.4, -0.2) is 53.1 Å². The van der Waals surface area contributed by atoms with Crippen molar-refractivity contribution in [3.05, 3.63) is 36.5 Å². The van der Waals surface area contributed by atoms with E-state index in [-0.39, 0.29) is 6.42 Å². The minimum atomic E-state index is -4.45. The van der Waals surface area contributed by atoms with Crippen LogP contribution >= 0.6 is 0 Å². The first-order valence-electron chi connectivity index (χ1n) is 18.3. The first-order chi connectivity index (χ1) is 21.7. The summed E-state index contributed by atoms with van der Waals surface area (Å²) >= 11 is 0. The lowest BCUT2D eigenvalue weighted by atomic mass is 10.1. The molecule has 0 aliphatic rings. The van der Waals surface area contributed by atoms with Gasteiger partial charge in [-0.3, -0.25) is 9.35 Å². The smallest absolute Gasteiger partial charge is 0.267 e. The van der Waals surface area contributed by atoms with Gasteiger partial charge in [0.25, 0.3) is 10.1 Å². The highest BCUT2D eigenvalue weighted by Crippen LogP contribution is 2.12. The van der Waals surface area contributed by atoms with E-state index >= 15 is 0 Å². The van der Waals surface area contributed by atoms with Crippen LogP contribution in [0, 0.1) is 0 Å². The molecule has 0 rings (SSSR count). The Morgan fingerprint density at radius 1 is 0.600 bits per heavy atom. The molecule has 3 unspecified atom stereocenters. The summed E-state index contributed by atoms with van der Waals surface area (Å²) in [5.74, 6) is -1.58. The summed E-state index contributed by atoms with van der Waals surface area (Å²) < 4.78 is 32.4. The maximum Gasteiger partial charge on any atom is 0.267 e. The monoisotopic (exact) mass is 655 g/mol. The number of hydrogen-bond acceptors (Lipinski definition) is 5. The molecule has 0 fully saturated rings. The molecule has 0 aromatic heterocycles. The third-order valence-electron chi connectivity index (χ3n) is 8.15. The Balaban J connectivity index is 4.22. The summed E-state index contributed by atoms with van der Waals surface area (Å²) in [6.07, 6.45) is 36.3. The fourth-order valence-electron chi connectivity index (χ4n) is 5.29. The number of amides is 1. The normalized spacial score (nSPS) is 14.5. The highest BCUT2D eigenvalue weighted by atomic mass is 32.2. The zero-order valence-electron chi connectivity index (χ0n) is 28.8. The molecule has 0 saturated carbocycles. The molecule has 7 nitrogen and oxygen atoms in total. The zero-order valence-corrected chi connectivity index (χ0v) is 29.7. The van der Waals surface area contributed by atoms with Gasteiger partial charge in [-0.25, -0.2) is 0 Å². The molecule has 1 amide bonds. The Morgan fingerprint density at radius 3 is 1.47 bits per heavy atom. The van der Waals surface area contributed by atoms with E-state index in [1.807, 2.05) is 0 Å². The molecule has 3 atom stereocenters. The Bertz CT molecular complexity index is 870. The summed E-state index contributed by atoms with van der Waals surface area (Å²) in [6.45, 7) is 4.47. The second-order valence-corrected chi connectivity index (χ2v) is 14.1. The van der Waals surface area contributed by atoms with Crippen molar-refractivity contribution in [2.45, 2.75) is 186 Å². The summed E-state index contributed by atoms with van der Waals surface area (Å²) in [4.78, 5) is 12.5. The lowest BCUT2D eigenvalue weighted by Gasteiger charge is -2.22. The Labute approximate surface area is 277 Å². The van der Waals surface area contributed by atoms with Crippen LogP contribution in [0.15, 0.2) is 36.5 Å². The first-order valence-corrected chi connectivity index (χ1v) is 19.9. The highest BCUT2D eigenvalue weighted by molar-refractivity contribution is 7.85. The highest BCUT2D eigenvalue weighted by Gasteiger charge is 2.27. The molecular weight excluding hydrogens is 586 g/mol. The van der Waals surface area contributed by atoms with Crippen LogP contribution in [0.1, 0.15) is 168 Å².